The Bertz CT molecular complexity index is 1410. The molecule has 0 N–H and O–H groups in total. The molecule has 11 nitrogen and oxygen atoms in total. The van der Waals surface area contributed by atoms with Crippen molar-refractivity contribution in [2.75, 3.05) is 13.2 Å². The summed E-state index contributed by atoms with van der Waals surface area (Å²) in [6.45, 7) is 5.77. The maximum absolute atomic E-state index is 11.9. The van der Waals surface area contributed by atoms with Crippen molar-refractivity contribution in [2.45, 2.75) is 53.1 Å². The molecule has 11 heteroatoms. The average molecular weight is 499 g/mol. The molecule has 190 valence electrons. The van der Waals surface area contributed by atoms with E-state index in [0.29, 0.717) is 22.0 Å². The van der Waals surface area contributed by atoms with E-state index in [2.05, 4.69) is 0 Å². The molecule has 1 aromatic carbocycles. The standard InChI is InChI=1S/C25H25NO10/c1-13-10-23(31)35-24-14(2)25-17(11-16(13)24)18(15(3)34-25)12-32-8-9-33-21(29)6-7-22(30)36-26-19(27)4-5-20(26)28/h10-11H,4-9,12H2,1-3H3. The molecule has 1 saturated heterocycles. The minimum atomic E-state index is -0.869. The highest BCUT2D eigenvalue weighted by Gasteiger charge is 2.32. The minimum absolute atomic E-state index is 0.00376. The molecule has 0 atom stereocenters. The van der Waals surface area contributed by atoms with Gasteiger partial charge >= 0.3 is 17.6 Å². The Morgan fingerprint density at radius 2 is 1.56 bits per heavy atom. The van der Waals surface area contributed by atoms with Gasteiger partial charge in [0, 0.05) is 40.8 Å². The summed E-state index contributed by atoms with van der Waals surface area (Å²) in [5, 5.41) is 2.09. The molecule has 0 aliphatic carbocycles. The van der Waals surface area contributed by atoms with Crippen LogP contribution in [0.3, 0.4) is 0 Å². The molecular weight excluding hydrogens is 474 g/mol. The zero-order chi connectivity index (χ0) is 26.0. The molecule has 2 aromatic heterocycles. The normalized spacial score (nSPS) is 13.7. The van der Waals surface area contributed by atoms with Gasteiger partial charge in [-0.05, 0) is 32.4 Å². The molecule has 1 fully saturated rings. The molecule has 0 unspecified atom stereocenters. The first-order chi connectivity index (χ1) is 17.2. The van der Waals surface area contributed by atoms with Gasteiger partial charge in [0.1, 0.15) is 23.5 Å². The number of esters is 1. The van der Waals surface area contributed by atoms with E-state index >= 15 is 0 Å². The lowest BCUT2D eigenvalue weighted by Crippen LogP contribution is -2.32. The number of carbonyl (C=O) groups is 4. The highest BCUT2D eigenvalue weighted by Crippen LogP contribution is 2.34. The van der Waals surface area contributed by atoms with Crippen molar-refractivity contribution in [3.05, 3.63) is 45.0 Å². The molecule has 0 bridgehead atoms. The molecule has 3 heterocycles. The molecule has 36 heavy (non-hydrogen) atoms. The Morgan fingerprint density at radius 3 is 2.28 bits per heavy atom. The van der Waals surface area contributed by atoms with Crippen LogP contribution in [-0.4, -0.2) is 42.0 Å². The van der Waals surface area contributed by atoms with Crippen LogP contribution in [0.15, 0.2) is 25.8 Å². The number of amides is 2. The topological polar surface area (TPSA) is 143 Å². The SMILES string of the molecule is Cc1oc2c(C)c3oc(=O)cc(C)c3cc2c1COCCOC(=O)CCC(=O)ON1C(=O)CCC1=O. The fraction of sp³-hybridized carbons (Fsp3) is 0.400. The van der Waals surface area contributed by atoms with E-state index in [1.165, 1.54) is 6.07 Å². The van der Waals surface area contributed by atoms with Gasteiger partial charge < -0.3 is 23.1 Å². The lowest BCUT2D eigenvalue weighted by Gasteiger charge is -2.12. The Hall–Kier alpha value is -3.99. The Balaban J connectivity index is 1.27. The van der Waals surface area contributed by atoms with Crippen LogP contribution in [0.1, 0.15) is 48.1 Å². The number of hydrogen-bond acceptors (Lipinski definition) is 10. The summed E-state index contributed by atoms with van der Waals surface area (Å²) in [6, 6.07) is 3.35. The van der Waals surface area contributed by atoms with Crippen molar-refractivity contribution in [2.24, 2.45) is 0 Å². The van der Waals surface area contributed by atoms with Crippen LogP contribution in [0.5, 0.6) is 0 Å². The molecule has 2 amide bonds. The molecule has 1 aliphatic heterocycles. The first kappa shape index (κ1) is 25.1. The second-order valence-corrected chi connectivity index (χ2v) is 8.46. The number of rotatable bonds is 9. The number of fused-ring (bicyclic) bond motifs is 2. The largest absolute Gasteiger partial charge is 0.463 e. The fourth-order valence-corrected chi connectivity index (χ4v) is 4.00. The molecule has 0 radical (unpaired) electrons. The van der Waals surface area contributed by atoms with Crippen LogP contribution in [0.2, 0.25) is 0 Å². The van der Waals surface area contributed by atoms with Crippen molar-refractivity contribution in [1.82, 2.24) is 5.06 Å². The van der Waals surface area contributed by atoms with Gasteiger partial charge in [-0.25, -0.2) is 9.59 Å². The van der Waals surface area contributed by atoms with Crippen molar-refractivity contribution in [1.29, 1.82) is 0 Å². The van der Waals surface area contributed by atoms with Crippen molar-refractivity contribution < 1.29 is 42.3 Å². The number of aryl methyl sites for hydroxylation is 3. The highest BCUT2D eigenvalue weighted by atomic mass is 16.7. The lowest BCUT2D eigenvalue weighted by molar-refractivity contribution is -0.197. The van der Waals surface area contributed by atoms with Gasteiger partial charge in [0.2, 0.25) is 0 Å². The van der Waals surface area contributed by atoms with Gasteiger partial charge in [-0.2, -0.15) is 0 Å². The Morgan fingerprint density at radius 1 is 0.889 bits per heavy atom. The number of imide groups is 1. The van der Waals surface area contributed by atoms with Crippen LogP contribution >= 0.6 is 0 Å². The Labute approximate surface area is 204 Å². The third-order valence-electron chi connectivity index (χ3n) is 5.90. The minimum Gasteiger partial charge on any atom is -0.463 e. The summed E-state index contributed by atoms with van der Waals surface area (Å²) >= 11 is 0. The van der Waals surface area contributed by atoms with Crippen molar-refractivity contribution >= 4 is 45.7 Å². The second kappa shape index (κ2) is 10.3. The lowest BCUT2D eigenvalue weighted by atomic mass is 10.0. The van der Waals surface area contributed by atoms with E-state index in [1.807, 2.05) is 26.8 Å². The van der Waals surface area contributed by atoms with E-state index in [9.17, 15) is 24.0 Å². The smallest absolute Gasteiger partial charge is 0.336 e. The third-order valence-corrected chi connectivity index (χ3v) is 5.90. The Kier molecular flexibility index (Phi) is 7.20. The quantitative estimate of drug-likeness (QED) is 0.187. The summed E-state index contributed by atoms with van der Waals surface area (Å²) in [7, 11) is 0. The summed E-state index contributed by atoms with van der Waals surface area (Å²) < 4.78 is 22.0. The van der Waals surface area contributed by atoms with Crippen LogP contribution < -0.4 is 5.63 Å². The second-order valence-electron chi connectivity index (χ2n) is 8.46. The van der Waals surface area contributed by atoms with Gasteiger partial charge in [-0.1, -0.05) is 0 Å². The maximum Gasteiger partial charge on any atom is 0.336 e. The van der Waals surface area contributed by atoms with E-state index in [0.717, 1.165) is 27.5 Å². The van der Waals surface area contributed by atoms with E-state index in [1.54, 1.807) is 0 Å². The summed E-state index contributed by atoms with van der Waals surface area (Å²) in [5.74, 6) is -2.02. The first-order valence-electron chi connectivity index (χ1n) is 11.4. The van der Waals surface area contributed by atoms with Crippen molar-refractivity contribution in [3.63, 3.8) is 0 Å². The number of furan rings is 1. The molecule has 1 aliphatic rings. The summed E-state index contributed by atoms with van der Waals surface area (Å²) in [4.78, 5) is 63.0. The number of hydroxylamine groups is 2. The van der Waals surface area contributed by atoms with E-state index in [4.69, 9.17) is 23.1 Å². The van der Waals surface area contributed by atoms with Gasteiger partial charge in [-0.15, -0.1) is 5.06 Å². The number of nitrogens with zero attached hydrogens (tertiary/aromatic N) is 1. The molecule has 3 aromatic rings. The molecule has 0 saturated carbocycles. The van der Waals surface area contributed by atoms with Gasteiger partial charge in [0.25, 0.3) is 11.8 Å². The fourth-order valence-electron chi connectivity index (χ4n) is 4.00. The number of benzene rings is 1. The van der Waals surface area contributed by atoms with Crippen LogP contribution in [0.25, 0.3) is 21.9 Å². The predicted octanol–water partition coefficient (Wildman–Crippen LogP) is 2.91. The highest BCUT2D eigenvalue weighted by molar-refractivity contribution is 6.02. The number of ether oxygens (including phenoxy) is 2. The molecule has 4 rings (SSSR count). The van der Waals surface area contributed by atoms with Crippen LogP contribution in [0.4, 0.5) is 0 Å². The average Bonchev–Trinajstić information content (AvgIpc) is 3.31. The van der Waals surface area contributed by atoms with Gasteiger partial charge in [0.05, 0.1) is 26.1 Å². The summed E-state index contributed by atoms with van der Waals surface area (Å²) in [6.07, 6.45) is -0.599. The van der Waals surface area contributed by atoms with Gasteiger partial charge in [-0.3, -0.25) is 14.4 Å². The number of carbonyl (C=O) groups excluding carboxylic acids is 4. The molecular formula is C25H25NO10. The van der Waals surface area contributed by atoms with E-state index < -0.39 is 29.4 Å². The first-order valence-corrected chi connectivity index (χ1v) is 11.4. The molecule has 0 spiro atoms. The van der Waals surface area contributed by atoms with Gasteiger partial charge in [0.15, 0.2) is 0 Å². The predicted molar refractivity (Wildman–Crippen MR) is 123 cm³/mol. The van der Waals surface area contributed by atoms with Crippen LogP contribution in [-0.2, 0) is 40.1 Å². The summed E-state index contributed by atoms with van der Waals surface area (Å²) in [5.41, 5.74) is 3.04. The van der Waals surface area contributed by atoms with Crippen molar-refractivity contribution in [3.8, 4) is 0 Å². The number of hydrogen-bond donors (Lipinski definition) is 0. The zero-order valence-corrected chi connectivity index (χ0v) is 20.1. The third kappa shape index (κ3) is 5.15. The maximum atomic E-state index is 11.9. The zero-order valence-electron chi connectivity index (χ0n) is 20.1. The monoisotopic (exact) mass is 499 g/mol. The van der Waals surface area contributed by atoms with Crippen LogP contribution in [0, 0.1) is 20.8 Å². The van der Waals surface area contributed by atoms with E-state index in [-0.39, 0.29) is 45.5 Å².